The van der Waals surface area contributed by atoms with Gasteiger partial charge in [-0.2, -0.15) is 13.2 Å². The highest BCUT2D eigenvalue weighted by atomic mass is 19.4. The molecular formula is C19H16F5N3O. The molecule has 2 N–H and O–H groups in total. The van der Waals surface area contributed by atoms with E-state index in [9.17, 15) is 26.7 Å². The first-order valence-electron chi connectivity index (χ1n) is 8.22. The Labute approximate surface area is 157 Å². The zero-order valence-corrected chi connectivity index (χ0v) is 14.9. The van der Waals surface area contributed by atoms with Crippen molar-refractivity contribution in [2.45, 2.75) is 24.6 Å². The maximum atomic E-state index is 14.5. The van der Waals surface area contributed by atoms with Crippen molar-refractivity contribution in [2.75, 3.05) is 7.05 Å². The zero-order valence-electron chi connectivity index (χ0n) is 14.9. The molecule has 1 fully saturated rings. The summed E-state index contributed by atoms with van der Waals surface area (Å²) in [5.74, 6) is -3.71. The molecule has 2 aromatic carbocycles. The molecule has 0 saturated carbocycles. The lowest BCUT2D eigenvalue weighted by atomic mass is 9.73. The van der Waals surface area contributed by atoms with Gasteiger partial charge in [-0.1, -0.05) is 12.1 Å². The van der Waals surface area contributed by atoms with E-state index >= 15 is 0 Å². The van der Waals surface area contributed by atoms with Crippen molar-refractivity contribution in [3.63, 3.8) is 0 Å². The Kier molecular flexibility index (Phi) is 4.64. The summed E-state index contributed by atoms with van der Waals surface area (Å²) in [5.41, 5.74) is -2.51. The van der Waals surface area contributed by atoms with Crippen LogP contribution < -0.4 is 5.32 Å². The largest absolute Gasteiger partial charge is 0.416 e. The van der Waals surface area contributed by atoms with Gasteiger partial charge in [-0.05, 0) is 42.8 Å². The first-order valence-corrected chi connectivity index (χ1v) is 8.22. The summed E-state index contributed by atoms with van der Waals surface area (Å²) in [6.07, 6.45) is -4.55. The number of carbonyl (C=O) groups is 1. The van der Waals surface area contributed by atoms with Crippen molar-refractivity contribution in [1.82, 2.24) is 10.2 Å². The van der Waals surface area contributed by atoms with Gasteiger partial charge in [-0.3, -0.25) is 15.1 Å². The minimum atomic E-state index is -4.55. The lowest BCUT2D eigenvalue weighted by Crippen LogP contribution is -2.62. The molecule has 3 rings (SSSR count). The maximum Gasteiger partial charge on any atom is 0.416 e. The van der Waals surface area contributed by atoms with Gasteiger partial charge in [0.05, 0.1) is 17.0 Å². The molecule has 0 bridgehead atoms. The lowest BCUT2D eigenvalue weighted by molar-refractivity contribution is -0.137. The van der Waals surface area contributed by atoms with Gasteiger partial charge in [0.2, 0.25) is 5.91 Å². The molecule has 1 heterocycles. The van der Waals surface area contributed by atoms with Crippen LogP contribution in [0.25, 0.3) is 0 Å². The van der Waals surface area contributed by atoms with E-state index in [-0.39, 0.29) is 17.1 Å². The molecule has 0 radical (unpaired) electrons. The van der Waals surface area contributed by atoms with E-state index in [4.69, 9.17) is 5.41 Å². The van der Waals surface area contributed by atoms with E-state index < -0.39 is 40.7 Å². The summed E-state index contributed by atoms with van der Waals surface area (Å²) in [7, 11) is 1.32. The quantitative estimate of drug-likeness (QED) is 0.754. The van der Waals surface area contributed by atoms with Gasteiger partial charge in [0, 0.05) is 12.6 Å². The fourth-order valence-corrected chi connectivity index (χ4v) is 3.41. The molecule has 0 aromatic heterocycles. The Morgan fingerprint density at radius 1 is 1.11 bits per heavy atom. The highest BCUT2D eigenvalue weighted by molar-refractivity contribution is 6.02. The second kappa shape index (κ2) is 6.57. The van der Waals surface area contributed by atoms with Crippen LogP contribution in [0.5, 0.6) is 0 Å². The predicted molar refractivity (Wildman–Crippen MR) is 91.5 cm³/mol. The molecule has 2 aromatic rings. The molecule has 4 nitrogen and oxygen atoms in total. The Morgan fingerprint density at radius 2 is 1.71 bits per heavy atom. The lowest BCUT2D eigenvalue weighted by Gasteiger charge is -2.46. The smallest absolute Gasteiger partial charge is 0.346 e. The number of halogens is 5. The number of carbonyl (C=O) groups excluding carboxylic acids is 1. The molecule has 1 amide bonds. The van der Waals surface area contributed by atoms with Gasteiger partial charge >= 0.3 is 6.18 Å². The number of rotatable bonds is 2. The second-order valence-corrected chi connectivity index (χ2v) is 6.75. The molecule has 1 aliphatic rings. The molecule has 0 unspecified atom stereocenters. The van der Waals surface area contributed by atoms with Gasteiger partial charge in [0.25, 0.3) is 0 Å². The van der Waals surface area contributed by atoms with Crippen LogP contribution in [0.3, 0.4) is 0 Å². The maximum absolute atomic E-state index is 14.5. The number of hydrogen-bond donors (Lipinski definition) is 2. The Hall–Kier alpha value is -2.97. The topological polar surface area (TPSA) is 56.2 Å². The average molecular weight is 397 g/mol. The summed E-state index contributed by atoms with van der Waals surface area (Å²) in [6, 6.07) is 6.63. The van der Waals surface area contributed by atoms with E-state index in [0.717, 1.165) is 47.4 Å². The summed E-state index contributed by atoms with van der Waals surface area (Å²) in [4.78, 5) is 13.9. The highest BCUT2D eigenvalue weighted by Crippen LogP contribution is 2.42. The zero-order chi connectivity index (χ0) is 20.9. The van der Waals surface area contributed by atoms with E-state index in [0.29, 0.717) is 0 Å². The van der Waals surface area contributed by atoms with Crippen LogP contribution in [0.4, 0.5) is 22.0 Å². The second-order valence-electron chi connectivity index (χ2n) is 6.75. The monoisotopic (exact) mass is 397 g/mol. The summed E-state index contributed by atoms with van der Waals surface area (Å²) in [5, 5.41) is 10.7. The predicted octanol–water partition coefficient (Wildman–Crippen LogP) is 3.98. The molecule has 9 heteroatoms. The average Bonchev–Trinajstić information content (AvgIpc) is 2.61. The Morgan fingerprint density at radius 3 is 2.29 bits per heavy atom. The number of amides is 1. The molecule has 1 aliphatic heterocycles. The van der Waals surface area contributed by atoms with Crippen LogP contribution >= 0.6 is 0 Å². The summed E-state index contributed by atoms with van der Waals surface area (Å²) in [6.45, 7) is 1.41. The van der Waals surface area contributed by atoms with Crippen molar-refractivity contribution >= 4 is 11.9 Å². The van der Waals surface area contributed by atoms with Crippen molar-refractivity contribution in [1.29, 1.82) is 5.41 Å². The normalized spacial score (nSPS) is 23.0. The number of nitrogens with one attached hydrogen (secondary N) is 2. The first-order chi connectivity index (χ1) is 12.9. The Bertz CT molecular complexity index is 942. The van der Waals surface area contributed by atoms with Crippen LogP contribution in [0.15, 0.2) is 42.5 Å². The third kappa shape index (κ3) is 3.21. The highest BCUT2D eigenvalue weighted by Gasteiger charge is 2.49. The van der Waals surface area contributed by atoms with Crippen molar-refractivity contribution in [3.05, 3.63) is 70.8 Å². The van der Waals surface area contributed by atoms with Crippen LogP contribution in [0.2, 0.25) is 0 Å². The molecular weight excluding hydrogens is 381 g/mol. The number of likely N-dealkylation sites (N-methyl/N-ethyl adjacent to an activating group) is 1. The molecule has 148 valence electrons. The number of hydrogen-bond acceptors (Lipinski definition) is 2. The SMILES string of the molecule is CN1C(=N)N[C@](C)(c2cc(F)ccc2F)[C@@H](c2ccc(C(F)(F)F)cc2)C1=O. The van der Waals surface area contributed by atoms with Gasteiger partial charge in [-0.25, -0.2) is 8.78 Å². The number of benzene rings is 2. The van der Waals surface area contributed by atoms with E-state index in [1.54, 1.807) is 0 Å². The van der Waals surface area contributed by atoms with Crippen molar-refractivity contribution in [2.24, 2.45) is 0 Å². The van der Waals surface area contributed by atoms with Crippen LogP contribution in [0.1, 0.15) is 29.5 Å². The van der Waals surface area contributed by atoms with Gasteiger partial charge in [0.15, 0.2) is 5.96 Å². The molecule has 0 spiro atoms. The van der Waals surface area contributed by atoms with Crippen LogP contribution in [0, 0.1) is 17.0 Å². The number of nitrogens with zero attached hydrogens (tertiary/aromatic N) is 1. The summed E-state index contributed by atoms with van der Waals surface area (Å²) < 4.78 is 66.9. The van der Waals surface area contributed by atoms with Gasteiger partial charge < -0.3 is 5.32 Å². The third-order valence-corrected chi connectivity index (χ3v) is 4.93. The number of alkyl halides is 3. The van der Waals surface area contributed by atoms with E-state index in [1.165, 1.54) is 14.0 Å². The van der Waals surface area contributed by atoms with E-state index in [2.05, 4.69) is 5.32 Å². The minimum absolute atomic E-state index is 0.177. The molecule has 0 aliphatic carbocycles. The van der Waals surface area contributed by atoms with Crippen molar-refractivity contribution in [3.8, 4) is 0 Å². The molecule has 2 atom stereocenters. The number of guanidine groups is 1. The Balaban J connectivity index is 2.17. The minimum Gasteiger partial charge on any atom is -0.346 e. The standard InChI is InChI=1S/C19H16F5N3O/c1-18(13-9-12(20)7-8-14(13)21)15(16(28)27(2)17(25)26-18)10-3-5-11(6-4-10)19(22,23)24/h3-9,15H,1-2H3,(H2,25,26)/t15-,18+/m0/s1. The van der Waals surface area contributed by atoms with Crippen LogP contribution in [-0.2, 0) is 16.5 Å². The first kappa shape index (κ1) is 19.8. The molecule has 28 heavy (non-hydrogen) atoms. The fourth-order valence-electron chi connectivity index (χ4n) is 3.41. The van der Waals surface area contributed by atoms with Crippen LogP contribution in [-0.4, -0.2) is 23.8 Å². The molecule has 1 saturated heterocycles. The fraction of sp³-hybridized carbons (Fsp3) is 0.263. The third-order valence-electron chi connectivity index (χ3n) is 4.93. The van der Waals surface area contributed by atoms with E-state index in [1.807, 2.05) is 0 Å². The van der Waals surface area contributed by atoms with Crippen molar-refractivity contribution < 1.29 is 26.7 Å². The van der Waals surface area contributed by atoms with Gasteiger partial charge in [-0.15, -0.1) is 0 Å². The van der Waals surface area contributed by atoms with Gasteiger partial charge in [0.1, 0.15) is 11.6 Å². The summed E-state index contributed by atoms with van der Waals surface area (Å²) >= 11 is 0.